The predicted molar refractivity (Wildman–Crippen MR) is 202 cm³/mol. The molecular weight excluding hydrogens is 810 g/mol. The molecule has 20 heteroatoms. The summed E-state index contributed by atoms with van der Waals surface area (Å²) in [4.78, 5) is 61.5. The van der Waals surface area contributed by atoms with Gasteiger partial charge in [0, 0.05) is 30.0 Å². The second-order valence-corrected chi connectivity index (χ2v) is 18.9. The number of pyridine rings is 1. The summed E-state index contributed by atoms with van der Waals surface area (Å²) in [5, 5.41) is 13.6. The molecule has 1 saturated heterocycles. The van der Waals surface area contributed by atoms with Gasteiger partial charge in [-0.3, -0.25) is 24.0 Å². The third-order valence-corrected chi connectivity index (χ3v) is 14.4. The summed E-state index contributed by atoms with van der Waals surface area (Å²) in [6.07, 6.45) is -3.15. The van der Waals surface area contributed by atoms with Crippen molar-refractivity contribution >= 4 is 44.6 Å². The molecule has 7 atom stereocenters. The normalized spacial score (nSPS) is 28.7. The minimum atomic E-state index is -5.15. The van der Waals surface area contributed by atoms with E-state index >= 15 is 0 Å². The van der Waals surface area contributed by atoms with Gasteiger partial charge in [0.25, 0.3) is 5.91 Å². The molecule has 0 bridgehead atoms. The van der Waals surface area contributed by atoms with Gasteiger partial charge in [0.2, 0.25) is 27.7 Å². The lowest BCUT2D eigenvalue weighted by Gasteiger charge is -2.45. The third-order valence-electron chi connectivity index (χ3n) is 12.3. The Morgan fingerprint density at radius 2 is 1.83 bits per heavy atom. The molecule has 3 heterocycles. The van der Waals surface area contributed by atoms with E-state index in [0.717, 1.165) is 17.0 Å². The topological polar surface area (TPSA) is 185 Å². The number of fused-ring (bicyclic) bond motifs is 3. The second kappa shape index (κ2) is 15.7. The Kier molecular flexibility index (Phi) is 11.7. The van der Waals surface area contributed by atoms with Gasteiger partial charge >= 0.3 is 12.3 Å². The van der Waals surface area contributed by atoms with Crippen LogP contribution in [0.2, 0.25) is 0 Å². The van der Waals surface area contributed by atoms with Crippen molar-refractivity contribution in [3.63, 3.8) is 0 Å². The van der Waals surface area contributed by atoms with Crippen LogP contribution in [0.25, 0.3) is 10.8 Å². The molecule has 0 spiro atoms. The Morgan fingerprint density at radius 1 is 1.14 bits per heavy atom. The van der Waals surface area contributed by atoms with E-state index in [1.807, 2.05) is 4.72 Å². The number of ether oxygens (including phenoxy) is 2. The van der Waals surface area contributed by atoms with Gasteiger partial charge in [0.1, 0.15) is 52.3 Å². The molecule has 2 aliphatic heterocycles. The Morgan fingerprint density at radius 3 is 2.44 bits per heavy atom. The van der Waals surface area contributed by atoms with Gasteiger partial charge < -0.3 is 24.8 Å². The molecule has 1 aromatic heterocycles. The van der Waals surface area contributed by atoms with Gasteiger partial charge in [-0.25, -0.2) is 27.0 Å². The van der Waals surface area contributed by atoms with E-state index in [1.54, 1.807) is 19.1 Å². The highest BCUT2D eigenvalue weighted by molar-refractivity contribution is 7.91. The van der Waals surface area contributed by atoms with Crippen LogP contribution in [0.15, 0.2) is 36.5 Å². The van der Waals surface area contributed by atoms with Gasteiger partial charge in [-0.1, -0.05) is 26.0 Å². The Hall–Kier alpha value is -4.75. The maximum atomic E-state index is 15.0. The number of sulfonamides is 1. The first kappa shape index (κ1) is 43.8. The van der Waals surface area contributed by atoms with Crippen LogP contribution >= 0.6 is 0 Å². The number of alkyl halides is 4. The maximum absolute atomic E-state index is 15.0. The Bertz CT molecular complexity index is 2150. The quantitative estimate of drug-likeness (QED) is 0.222. The summed E-state index contributed by atoms with van der Waals surface area (Å²) in [6.45, 7) is 2.82. The number of carbonyl (C=O) groups excluding carboxylic acids is 3. The number of methoxy groups -OCH3 is 1. The first-order valence-corrected chi connectivity index (χ1v) is 20.8. The smallest absolute Gasteiger partial charge is 0.411 e. The van der Waals surface area contributed by atoms with E-state index in [1.165, 1.54) is 26.3 Å². The van der Waals surface area contributed by atoms with Crippen LogP contribution in [0.4, 0.5) is 26.7 Å². The fourth-order valence-electron chi connectivity index (χ4n) is 8.35. The monoisotopic (exact) mass is 857 g/mol. The van der Waals surface area contributed by atoms with Gasteiger partial charge in [-0.15, -0.1) is 0 Å². The van der Waals surface area contributed by atoms with Crippen molar-refractivity contribution in [3.05, 3.63) is 42.4 Å². The number of allylic oxidation sites excluding steroid dienone is 1. The summed E-state index contributed by atoms with van der Waals surface area (Å²) in [5.41, 5.74) is -4.98. The highest BCUT2D eigenvalue weighted by atomic mass is 32.2. The Labute approximate surface area is 337 Å². The highest BCUT2D eigenvalue weighted by Gasteiger charge is 2.64. The first-order chi connectivity index (χ1) is 27.5. The number of aromatic nitrogens is 1. The van der Waals surface area contributed by atoms with Gasteiger partial charge in [-0.05, 0) is 76.3 Å². The first-order valence-electron chi connectivity index (χ1n) is 19.3. The molecule has 324 valence electrons. The molecule has 1 aromatic carbocycles. The maximum Gasteiger partial charge on any atom is 0.411 e. The number of rotatable bonds is 9. The van der Waals surface area contributed by atoms with E-state index < -0.39 is 105 Å². The molecule has 59 heavy (non-hydrogen) atoms. The van der Waals surface area contributed by atoms with Crippen molar-refractivity contribution in [2.45, 2.75) is 113 Å². The molecule has 14 nitrogen and oxygen atoms in total. The summed E-state index contributed by atoms with van der Waals surface area (Å²) in [6, 6.07) is 0.209. The van der Waals surface area contributed by atoms with Gasteiger partial charge in [-0.2, -0.15) is 13.2 Å². The molecule has 4 aliphatic rings. The number of hydrogen-bond acceptors (Lipinski definition) is 9. The predicted octanol–water partition coefficient (Wildman–Crippen LogP) is 5.26. The lowest BCUT2D eigenvalue weighted by Crippen LogP contribution is -2.66. The van der Waals surface area contributed by atoms with Crippen molar-refractivity contribution in [2.75, 3.05) is 20.3 Å². The zero-order valence-electron chi connectivity index (χ0n) is 33.1. The molecule has 3 N–H and O–H groups in total. The number of benzene rings is 1. The van der Waals surface area contributed by atoms with Gasteiger partial charge in [0.15, 0.2) is 0 Å². The standard InChI is InChI=1S/C39H48F5N5O9S/c1-21-8-6-7-9-23-18-38(23,34(52)47-59(55,56)37(20-40)11-12-37)46-31(50)28-17-25(58-32-27-15-24(41)16-29(57-5)26(27)10-13-45-32)19-48(28)33(51)30(22(2)14-21)49(35(53)54)36(3,4)39(42,43)44/h7,9-10,13,15-16,21-23,25,28,30H,6,8,11-12,14,17-20H2,1-5H3,(H,46,50)(H,47,52)(H,53,54)/t21-,22+,23+,25+,28-,30-,38+/m0/s1. The molecule has 2 aromatic rings. The number of amides is 4. The highest BCUT2D eigenvalue weighted by Crippen LogP contribution is 2.48. The number of hydrogen-bond donors (Lipinski definition) is 3. The van der Waals surface area contributed by atoms with Crippen molar-refractivity contribution < 1.29 is 64.1 Å². The molecule has 3 fully saturated rings. The van der Waals surface area contributed by atoms with E-state index in [4.69, 9.17) is 9.47 Å². The number of nitrogens with zero attached hydrogens (tertiary/aromatic N) is 3. The fraction of sp³-hybridized carbons (Fsp3) is 0.615. The lowest BCUT2D eigenvalue weighted by molar-refractivity contribution is -0.222. The molecule has 4 amide bonds. The number of nitrogens with one attached hydrogen (secondary N) is 2. The van der Waals surface area contributed by atoms with E-state index in [-0.39, 0.29) is 59.9 Å². The minimum absolute atomic E-state index is 0.0173. The summed E-state index contributed by atoms with van der Waals surface area (Å²) < 4.78 is 111. The van der Waals surface area contributed by atoms with Crippen molar-refractivity contribution in [1.29, 1.82) is 0 Å². The van der Waals surface area contributed by atoms with Crippen molar-refractivity contribution in [3.8, 4) is 11.6 Å². The van der Waals surface area contributed by atoms with E-state index in [9.17, 15) is 54.7 Å². The number of carboxylic acid groups (broad SMARTS) is 1. The van der Waals surface area contributed by atoms with Crippen LogP contribution in [0.1, 0.15) is 72.6 Å². The van der Waals surface area contributed by atoms with Crippen LogP contribution in [0.3, 0.4) is 0 Å². The van der Waals surface area contributed by atoms with Crippen LogP contribution in [0, 0.1) is 23.6 Å². The van der Waals surface area contributed by atoms with E-state index in [0.29, 0.717) is 32.1 Å². The van der Waals surface area contributed by atoms with Crippen molar-refractivity contribution in [1.82, 2.24) is 24.8 Å². The van der Waals surface area contributed by atoms with Crippen molar-refractivity contribution in [2.24, 2.45) is 17.8 Å². The third kappa shape index (κ3) is 8.12. The summed E-state index contributed by atoms with van der Waals surface area (Å²) in [5.74, 6) is -5.99. The fourth-order valence-corrected chi connectivity index (χ4v) is 9.78. The largest absolute Gasteiger partial charge is 0.496 e. The SMILES string of the molecule is COc1cc(F)cc2c(O[C@@H]3C[C@H]4C(=O)N[C@]5(C(=O)NS(=O)(=O)C6(CF)CC6)C[C@H]5C=CCC[C@H](C)C[C@@H](C)[C@H](N(C(=O)O)C(C)(C)C(F)(F)F)C(=O)N4C3)nccc12. The zero-order chi connectivity index (χ0) is 43.5. The zero-order valence-corrected chi connectivity index (χ0v) is 34.0. The number of halogens is 5. The minimum Gasteiger partial charge on any atom is -0.496 e. The molecule has 0 radical (unpaired) electrons. The van der Waals surface area contributed by atoms with Crippen LogP contribution < -0.4 is 19.5 Å². The van der Waals surface area contributed by atoms with Crippen LogP contribution in [-0.2, 0) is 24.4 Å². The molecule has 2 aliphatic carbocycles. The van der Waals surface area contributed by atoms with E-state index in [2.05, 4.69) is 10.3 Å². The lowest BCUT2D eigenvalue weighted by atomic mass is 9.85. The molecule has 0 unspecified atom stereocenters. The van der Waals surface area contributed by atoms with Crippen LogP contribution in [-0.4, -0.2) is 113 Å². The average molecular weight is 858 g/mol. The summed E-state index contributed by atoms with van der Waals surface area (Å²) in [7, 11) is -3.21. The number of carbonyl (C=O) groups is 4. The van der Waals surface area contributed by atoms with Gasteiger partial charge in [0.05, 0.1) is 19.0 Å². The van der Waals surface area contributed by atoms with Crippen LogP contribution in [0.5, 0.6) is 11.6 Å². The second-order valence-electron chi connectivity index (χ2n) is 16.8. The molecule has 2 saturated carbocycles. The molecular formula is C39H48F5N5O9S. The molecule has 6 rings (SSSR count). The summed E-state index contributed by atoms with van der Waals surface area (Å²) >= 11 is 0. The Balaban J connectivity index is 1.43. The average Bonchev–Trinajstić information content (AvgIpc) is 4.05.